The summed E-state index contributed by atoms with van der Waals surface area (Å²) in [6.07, 6.45) is 0. The smallest absolute Gasteiger partial charge is 0.0999 e. The van der Waals surface area contributed by atoms with Crippen molar-refractivity contribution >= 4 is 26.8 Å². The van der Waals surface area contributed by atoms with Crippen molar-refractivity contribution in [2.24, 2.45) is 0 Å². The first-order valence-corrected chi connectivity index (χ1v) is 4.97. The molecule has 0 bridgehead atoms. The van der Waals surface area contributed by atoms with Gasteiger partial charge in [0.25, 0.3) is 0 Å². The molecule has 1 aromatic carbocycles. The number of rotatable bonds is 0. The van der Waals surface area contributed by atoms with Crippen LogP contribution in [-0.2, 0) is 0 Å². The molecule has 14 heavy (non-hydrogen) atoms. The van der Waals surface area contributed by atoms with Gasteiger partial charge in [-0.3, -0.25) is 4.98 Å². The highest BCUT2D eigenvalue weighted by Gasteiger charge is 2.03. The van der Waals surface area contributed by atoms with Crippen LogP contribution in [0.25, 0.3) is 10.9 Å². The fourth-order valence-electron chi connectivity index (χ4n) is 1.42. The maximum absolute atomic E-state index is 8.96. The van der Waals surface area contributed by atoms with E-state index in [-0.39, 0.29) is 0 Å². The first-order chi connectivity index (χ1) is 6.70. The van der Waals surface area contributed by atoms with Gasteiger partial charge in [0, 0.05) is 15.6 Å². The van der Waals surface area contributed by atoms with Crippen LogP contribution in [0, 0.1) is 18.3 Å². The lowest BCUT2D eigenvalue weighted by atomic mass is 10.1. The van der Waals surface area contributed by atoms with Gasteiger partial charge < -0.3 is 0 Å². The molecule has 0 radical (unpaired) electrons. The van der Waals surface area contributed by atoms with Crippen LogP contribution in [0.5, 0.6) is 0 Å². The number of pyridine rings is 1. The van der Waals surface area contributed by atoms with Crippen molar-refractivity contribution in [2.75, 3.05) is 0 Å². The van der Waals surface area contributed by atoms with Crippen LogP contribution in [0.15, 0.2) is 28.7 Å². The highest BCUT2D eigenvalue weighted by atomic mass is 79.9. The molecule has 2 rings (SSSR count). The van der Waals surface area contributed by atoms with Gasteiger partial charge in [-0.1, -0.05) is 15.9 Å². The molecule has 0 unspecified atom stereocenters. The Kier molecular flexibility index (Phi) is 2.22. The minimum atomic E-state index is 0.675. The Morgan fingerprint density at radius 3 is 2.86 bits per heavy atom. The summed E-state index contributed by atoms with van der Waals surface area (Å²) in [6, 6.07) is 9.73. The molecule has 0 saturated heterocycles. The molecule has 0 aliphatic carbocycles. The van der Waals surface area contributed by atoms with Crippen LogP contribution in [0.3, 0.4) is 0 Å². The molecule has 1 aromatic heterocycles. The van der Waals surface area contributed by atoms with Gasteiger partial charge in [-0.2, -0.15) is 5.26 Å². The van der Waals surface area contributed by atoms with E-state index >= 15 is 0 Å². The SMILES string of the molecule is Cc1cc(C#N)c2cc(Br)ccc2n1. The van der Waals surface area contributed by atoms with Gasteiger partial charge in [0.2, 0.25) is 0 Å². The number of aromatic nitrogens is 1. The number of nitriles is 1. The van der Waals surface area contributed by atoms with Crippen LogP contribution in [0.2, 0.25) is 0 Å². The molecule has 2 nitrogen and oxygen atoms in total. The third-order valence-electron chi connectivity index (χ3n) is 2.02. The Morgan fingerprint density at radius 1 is 1.36 bits per heavy atom. The fraction of sp³-hybridized carbons (Fsp3) is 0.0909. The van der Waals surface area contributed by atoms with Crippen LogP contribution >= 0.6 is 15.9 Å². The topological polar surface area (TPSA) is 36.7 Å². The predicted molar refractivity (Wildman–Crippen MR) is 58.9 cm³/mol. The molecular weight excluding hydrogens is 240 g/mol. The van der Waals surface area contributed by atoms with Crippen LogP contribution in [0.1, 0.15) is 11.3 Å². The third-order valence-corrected chi connectivity index (χ3v) is 2.51. The Bertz CT molecular complexity index is 541. The quantitative estimate of drug-likeness (QED) is 0.716. The zero-order valence-corrected chi connectivity index (χ0v) is 9.17. The summed E-state index contributed by atoms with van der Waals surface area (Å²) in [7, 11) is 0. The van der Waals surface area contributed by atoms with Crippen molar-refractivity contribution in [1.29, 1.82) is 5.26 Å². The minimum absolute atomic E-state index is 0.675. The molecular formula is C11H7BrN2. The van der Waals surface area contributed by atoms with E-state index < -0.39 is 0 Å². The fourth-order valence-corrected chi connectivity index (χ4v) is 1.78. The van der Waals surface area contributed by atoms with E-state index in [2.05, 4.69) is 27.0 Å². The normalized spacial score (nSPS) is 10.1. The lowest BCUT2D eigenvalue weighted by Gasteiger charge is -2.01. The number of aryl methyl sites for hydroxylation is 1. The molecule has 0 amide bonds. The zero-order chi connectivity index (χ0) is 10.1. The van der Waals surface area contributed by atoms with Gasteiger partial charge in [-0.15, -0.1) is 0 Å². The first kappa shape index (κ1) is 9.17. The van der Waals surface area contributed by atoms with Gasteiger partial charge in [-0.25, -0.2) is 0 Å². The Labute approximate surface area is 90.3 Å². The van der Waals surface area contributed by atoms with Crippen molar-refractivity contribution in [2.45, 2.75) is 6.92 Å². The molecule has 0 N–H and O–H groups in total. The average Bonchev–Trinajstić information content (AvgIpc) is 2.17. The molecule has 0 aliphatic heterocycles. The number of hydrogen-bond acceptors (Lipinski definition) is 2. The predicted octanol–water partition coefficient (Wildman–Crippen LogP) is 3.18. The lowest BCUT2D eigenvalue weighted by molar-refractivity contribution is 1.25. The second-order valence-corrected chi connectivity index (χ2v) is 4.00. The van der Waals surface area contributed by atoms with Crippen LogP contribution < -0.4 is 0 Å². The molecule has 0 fully saturated rings. The number of nitrogens with zero attached hydrogens (tertiary/aromatic N) is 2. The van der Waals surface area contributed by atoms with E-state index in [0.717, 1.165) is 21.1 Å². The highest BCUT2D eigenvalue weighted by Crippen LogP contribution is 2.21. The van der Waals surface area contributed by atoms with Crippen molar-refractivity contribution in [3.05, 3.63) is 40.0 Å². The van der Waals surface area contributed by atoms with Crippen molar-refractivity contribution in [1.82, 2.24) is 4.98 Å². The van der Waals surface area contributed by atoms with Crippen molar-refractivity contribution in [3.63, 3.8) is 0 Å². The van der Waals surface area contributed by atoms with E-state index in [1.54, 1.807) is 6.07 Å². The molecule has 0 spiro atoms. The molecule has 2 aromatic rings. The number of halogens is 1. The summed E-state index contributed by atoms with van der Waals surface area (Å²) in [5.74, 6) is 0. The Hall–Kier alpha value is -1.40. The zero-order valence-electron chi connectivity index (χ0n) is 7.58. The van der Waals surface area contributed by atoms with Crippen molar-refractivity contribution < 1.29 is 0 Å². The van der Waals surface area contributed by atoms with E-state index in [1.807, 2.05) is 25.1 Å². The maximum atomic E-state index is 8.96. The molecule has 0 atom stereocenters. The van der Waals surface area contributed by atoms with Gasteiger partial charge in [0.15, 0.2) is 0 Å². The molecule has 3 heteroatoms. The summed E-state index contributed by atoms with van der Waals surface area (Å²) >= 11 is 3.38. The summed E-state index contributed by atoms with van der Waals surface area (Å²) in [4.78, 5) is 4.35. The van der Waals surface area contributed by atoms with E-state index in [1.165, 1.54) is 0 Å². The Morgan fingerprint density at radius 2 is 2.14 bits per heavy atom. The molecule has 68 valence electrons. The van der Waals surface area contributed by atoms with Gasteiger partial charge in [-0.05, 0) is 31.2 Å². The van der Waals surface area contributed by atoms with Gasteiger partial charge in [0.05, 0.1) is 17.1 Å². The monoisotopic (exact) mass is 246 g/mol. The van der Waals surface area contributed by atoms with E-state index in [0.29, 0.717) is 5.56 Å². The van der Waals surface area contributed by atoms with E-state index in [9.17, 15) is 0 Å². The number of benzene rings is 1. The summed E-state index contributed by atoms with van der Waals surface area (Å²) in [5, 5.41) is 9.85. The van der Waals surface area contributed by atoms with Crippen LogP contribution in [-0.4, -0.2) is 4.98 Å². The molecule has 0 aliphatic rings. The summed E-state index contributed by atoms with van der Waals surface area (Å²) in [5.41, 5.74) is 2.41. The van der Waals surface area contributed by atoms with Gasteiger partial charge in [0.1, 0.15) is 0 Å². The minimum Gasteiger partial charge on any atom is -0.253 e. The summed E-state index contributed by atoms with van der Waals surface area (Å²) < 4.78 is 0.965. The van der Waals surface area contributed by atoms with Crippen molar-refractivity contribution in [3.8, 4) is 6.07 Å². The summed E-state index contributed by atoms with van der Waals surface area (Å²) in [6.45, 7) is 1.89. The highest BCUT2D eigenvalue weighted by molar-refractivity contribution is 9.10. The second-order valence-electron chi connectivity index (χ2n) is 3.08. The van der Waals surface area contributed by atoms with Gasteiger partial charge >= 0.3 is 0 Å². The molecule has 0 saturated carbocycles. The Balaban J connectivity index is 2.90. The van der Waals surface area contributed by atoms with E-state index in [4.69, 9.17) is 5.26 Å². The number of hydrogen-bond donors (Lipinski definition) is 0. The molecule has 1 heterocycles. The average molecular weight is 247 g/mol. The first-order valence-electron chi connectivity index (χ1n) is 4.18. The standard InChI is InChI=1S/C11H7BrN2/c1-7-4-8(6-13)10-5-9(12)2-3-11(10)14-7/h2-5H,1H3. The van der Waals surface area contributed by atoms with Crippen LogP contribution in [0.4, 0.5) is 0 Å². The second kappa shape index (κ2) is 3.39. The lowest BCUT2D eigenvalue weighted by Crippen LogP contribution is -1.87. The number of fused-ring (bicyclic) bond motifs is 1. The maximum Gasteiger partial charge on any atom is 0.0999 e. The third kappa shape index (κ3) is 1.49. The largest absolute Gasteiger partial charge is 0.253 e.